The molecule has 1 atom stereocenters. The molecule has 4 nitrogen and oxygen atoms in total. The van der Waals surface area contributed by atoms with Gasteiger partial charge in [0, 0.05) is 0 Å². The Morgan fingerprint density at radius 2 is 1.87 bits per heavy atom. The first-order valence-corrected chi connectivity index (χ1v) is 4.69. The predicted octanol–water partition coefficient (Wildman–Crippen LogP) is 2.07. The lowest BCUT2D eigenvalue weighted by atomic mass is 9.95. The van der Waals surface area contributed by atoms with Gasteiger partial charge in [0.25, 0.3) is 0 Å². The normalized spacial score (nSPS) is 11.7. The van der Waals surface area contributed by atoms with Gasteiger partial charge in [0.2, 0.25) is 0 Å². The second-order valence-corrected chi connectivity index (χ2v) is 3.41. The highest BCUT2D eigenvalue weighted by molar-refractivity contribution is 5.77. The number of hydrogen-bond donors (Lipinski definition) is 2. The summed E-state index contributed by atoms with van der Waals surface area (Å²) in [5.74, 6) is -3.06. The molecule has 15 heavy (non-hydrogen) atoms. The Morgan fingerprint density at radius 3 is 2.27 bits per heavy atom. The molecule has 0 aliphatic rings. The molecule has 4 heteroatoms. The zero-order chi connectivity index (χ0) is 11.8. The van der Waals surface area contributed by atoms with Crippen molar-refractivity contribution in [2.45, 2.75) is 25.7 Å². The molecule has 0 aromatic rings. The fourth-order valence-corrected chi connectivity index (χ4v) is 1.21. The van der Waals surface area contributed by atoms with Gasteiger partial charge in [-0.05, 0) is 19.3 Å². The third-order valence-electron chi connectivity index (χ3n) is 2.01. The van der Waals surface area contributed by atoms with Crippen LogP contribution in [0.5, 0.6) is 0 Å². The van der Waals surface area contributed by atoms with Crippen LogP contribution in [0, 0.1) is 5.92 Å². The van der Waals surface area contributed by atoms with Crippen LogP contribution >= 0.6 is 0 Å². The molecule has 0 amide bonds. The van der Waals surface area contributed by atoms with Crippen molar-refractivity contribution in [1.29, 1.82) is 0 Å². The van der Waals surface area contributed by atoms with E-state index in [0.29, 0.717) is 6.42 Å². The number of carboxylic acid groups (broad SMARTS) is 2. The SMILES string of the molecule is C=CCCC(=C)CC(CC(=O)O)C(=O)O. The van der Waals surface area contributed by atoms with Crippen LogP contribution in [0.4, 0.5) is 0 Å². The maximum absolute atomic E-state index is 10.7. The monoisotopic (exact) mass is 212 g/mol. The van der Waals surface area contributed by atoms with Gasteiger partial charge in [-0.25, -0.2) is 0 Å². The summed E-state index contributed by atoms with van der Waals surface area (Å²) in [5.41, 5.74) is 0.753. The fourth-order valence-electron chi connectivity index (χ4n) is 1.21. The Balaban J connectivity index is 4.16. The van der Waals surface area contributed by atoms with Crippen molar-refractivity contribution in [1.82, 2.24) is 0 Å². The first-order valence-electron chi connectivity index (χ1n) is 4.69. The molecule has 84 valence electrons. The van der Waals surface area contributed by atoms with E-state index >= 15 is 0 Å². The third-order valence-corrected chi connectivity index (χ3v) is 2.01. The third kappa shape index (κ3) is 6.49. The van der Waals surface area contributed by atoms with E-state index in [1.165, 1.54) is 0 Å². The number of aliphatic carboxylic acids is 2. The van der Waals surface area contributed by atoms with Crippen molar-refractivity contribution in [3.05, 3.63) is 24.8 Å². The van der Waals surface area contributed by atoms with E-state index < -0.39 is 17.9 Å². The van der Waals surface area contributed by atoms with Gasteiger partial charge in [0.05, 0.1) is 12.3 Å². The van der Waals surface area contributed by atoms with E-state index in [-0.39, 0.29) is 12.8 Å². The van der Waals surface area contributed by atoms with Crippen LogP contribution in [0.1, 0.15) is 25.7 Å². The van der Waals surface area contributed by atoms with Crippen molar-refractivity contribution >= 4 is 11.9 Å². The van der Waals surface area contributed by atoms with Gasteiger partial charge < -0.3 is 10.2 Å². The van der Waals surface area contributed by atoms with E-state index in [0.717, 1.165) is 12.0 Å². The number of carbonyl (C=O) groups is 2. The van der Waals surface area contributed by atoms with Crippen molar-refractivity contribution in [3.8, 4) is 0 Å². The molecular weight excluding hydrogens is 196 g/mol. The average Bonchev–Trinajstić information content (AvgIpc) is 2.12. The molecule has 0 saturated heterocycles. The maximum Gasteiger partial charge on any atom is 0.307 e. The fraction of sp³-hybridized carbons (Fsp3) is 0.455. The Morgan fingerprint density at radius 1 is 1.27 bits per heavy atom. The molecule has 0 aliphatic carbocycles. The smallest absolute Gasteiger partial charge is 0.307 e. The zero-order valence-corrected chi connectivity index (χ0v) is 8.61. The van der Waals surface area contributed by atoms with Crippen molar-refractivity contribution < 1.29 is 19.8 Å². The second kappa shape index (κ2) is 6.81. The van der Waals surface area contributed by atoms with Gasteiger partial charge in [0.15, 0.2) is 0 Å². The highest BCUT2D eigenvalue weighted by Crippen LogP contribution is 2.18. The predicted molar refractivity (Wildman–Crippen MR) is 56.6 cm³/mol. The Kier molecular flexibility index (Phi) is 6.09. The van der Waals surface area contributed by atoms with Crippen molar-refractivity contribution in [2.24, 2.45) is 5.92 Å². The van der Waals surface area contributed by atoms with Gasteiger partial charge >= 0.3 is 11.9 Å². The summed E-state index contributed by atoms with van der Waals surface area (Å²) in [7, 11) is 0. The van der Waals surface area contributed by atoms with Crippen LogP contribution in [0.2, 0.25) is 0 Å². The van der Waals surface area contributed by atoms with Crippen LogP contribution in [0.15, 0.2) is 24.8 Å². The summed E-state index contributed by atoms with van der Waals surface area (Å²) in [5, 5.41) is 17.3. The zero-order valence-electron chi connectivity index (χ0n) is 8.61. The van der Waals surface area contributed by atoms with Crippen molar-refractivity contribution in [3.63, 3.8) is 0 Å². The van der Waals surface area contributed by atoms with Crippen LogP contribution in [0.25, 0.3) is 0 Å². The Bertz CT molecular complexity index is 268. The molecule has 0 aromatic carbocycles. The molecule has 0 bridgehead atoms. The number of allylic oxidation sites excluding steroid dienone is 2. The number of rotatable bonds is 8. The quantitative estimate of drug-likeness (QED) is 0.604. The molecule has 0 fully saturated rings. The average molecular weight is 212 g/mol. The summed E-state index contributed by atoms with van der Waals surface area (Å²) in [6.07, 6.45) is 2.97. The summed E-state index contributed by atoms with van der Waals surface area (Å²) in [6, 6.07) is 0. The van der Waals surface area contributed by atoms with E-state index in [4.69, 9.17) is 10.2 Å². The Hall–Kier alpha value is -1.58. The first kappa shape index (κ1) is 13.4. The molecule has 0 saturated carbocycles. The van der Waals surface area contributed by atoms with Gasteiger partial charge in [-0.15, -0.1) is 6.58 Å². The van der Waals surface area contributed by atoms with E-state index in [9.17, 15) is 9.59 Å². The molecule has 0 aliphatic heterocycles. The molecule has 0 radical (unpaired) electrons. The van der Waals surface area contributed by atoms with Crippen LogP contribution in [-0.2, 0) is 9.59 Å². The lowest BCUT2D eigenvalue weighted by molar-refractivity contribution is -0.148. The van der Waals surface area contributed by atoms with E-state index in [2.05, 4.69) is 13.2 Å². The summed E-state index contributed by atoms with van der Waals surface area (Å²) >= 11 is 0. The van der Waals surface area contributed by atoms with Crippen LogP contribution < -0.4 is 0 Å². The van der Waals surface area contributed by atoms with Gasteiger partial charge in [-0.2, -0.15) is 0 Å². The molecule has 0 aromatic heterocycles. The minimum Gasteiger partial charge on any atom is -0.481 e. The van der Waals surface area contributed by atoms with Gasteiger partial charge in [-0.3, -0.25) is 9.59 Å². The van der Waals surface area contributed by atoms with Crippen LogP contribution in [0.3, 0.4) is 0 Å². The minimum absolute atomic E-state index is 0.218. The summed E-state index contributed by atoms with van der Waals surface area (Å²) < 4.78 is 0. The van der Waals surface area contributed by atoms with Crippen LogP contribution in [-0.4, -0.2) is 22.2 Å². The summed E-state index contributed by atoms with van der Waals surface area (Å²) in [4.78, 5) is 21.1. The molecular formula is C11H16O4. The van der Waals surface area contributed by atoms with E-state index in [1.807, 2.05) is 0 Å². The highest BCUT2D eigenvalue weighted by atomic mass is 16.4. The molecule has 0 rings (SSSR count). The Labute approximate surface area is 88.9 Å². The lowest BCUT2D eigenvalue weighted by Gasteiger charge is -2.11. The topological polar surface area (TPSA) is 74.6 Å². The largest absolute Gasteiger partial charge is 0.481 e. The first-order chi connectivity index (χ1) is 6.97. The molecule has 1 unspecified atom stereocenters. The lowest BCUT2D eigenvalue weighted by Crippen LogP contribution is -2.18. The number of carboxylic acids is 2. The standard InChI is InChI=1S/C11H16O4/c1-3-4-5-8(2)6-9(11(14)15)7-10(12)13/h3,9H,1-2,4-7H2,(H,12,13)(H,14,15). The molecule has 0 heterocycles. The van der Waals surface area contributed by atoms with Gasteiger partial charge in [0.1, 0.15) is 0 Å². The van der Waals surface area contributed by atoms with E-state index in [1.54, 1.807) is 6.08 Å². The van der Waals surface area contributed by atoms with Gasteiger partial charge in [-0.1, -0.05) is 18.2 Å². The maximum atomic E-state index is 10.7. The molecule has 2 N–H and O–H groups in total. The van der Waals surface area contributed by atoms with Crippen molar-refractivity contribution in [2.75, 3.05) is 0 Å². The second-order valence-electron chi connectivity index (χ2n) is 3.41. The highest BCUT2D eigenvalue weighted by Gasteiger charge is 2.21. The minimum atomic E-state index is -1.10. The number of hydrogen-bond acceptors (Lipinski definition) is 2. The molecule has 0 spiro atoms. The summed E-state index contributed by atoms with van der Waals surface area (Å²) in [6.45, 7) is 7.26.